The molecule has 0 saturated heterocycles. The van der Waals surface area contributed by atoms with Gasteiger partial charge >= 0.3 is 5.97 Å². The molecule has 1 aromatic rings. The molecule has 82 valence electrons. The van der Waals surface area contributed by atoms with Crippen LogP contribution in [0.2, 0.25) is 0 Å². The summed E-state index contributed by atoms with van der Waals surface area (Å²) in [6.07, 6.45) is 0. The normalized spacial score (nSPS) is 17.6. The number of ketones is 1. The van der Waals surface area contributed by atoms with Gasteiger partial charge in [-0.15, -0.1) is 0 Å². The first-order valence-corrected chi connectivity index (χ1v) is 5.08. The number of rotatable bonds is 4. The molecule has 1 aromatic carbocycles. The fourth-order valence-corrected chi connectivity index (χ4v) is 1.41. The van der Waals surface area contributed by atoms with Crippen LogP contribution in [-0.2, 0) is 9.53 Å². The summed E-state index contributed by atoms with van der Waals surface area (Å²) in [5.41, 5.74) is 0.845. The van der Waals surface area contributed by atoms with E-state index in [2.05, 4.69) is 4.99 Å². The molecule has 0 radical (unpaired) electrons. The van der Waals surface area contributed by atoms with E-state index in [0.717, 1.165) is 0 Å². The third kappa shape index (κ3) is 2.00. The Morgan fingerprint density at radius 3 is 2.62 bits per heavy atom. The minimum atomic E-state index is -0.673. The molecule has 0 amide bonds. The second-order valence-corrected chi connectivity index (χ2v) is 3.36. The van der Waals surface area contributed by atoms with Crippen LogP contribution in [0.1, 0.15) is 17.3 Å². The molecule has 16 heavy (non-hydrogen) atoms. The molecular formula is C12H11NO3. The lowest BCUT2D eigenvalue weighted by atomic mass is 10.1. The molecule has 1 heterocycles. The first-order valence-electron chi connectivity index (χ1n) is 5.08. The summed E-state index contributed by atoms with van der Waals surface area (Å²) in [6, 6.07) is 8.10. The zero-order valence-corrected chi connectivity index (χ0v) is 8.84. The van der Waals surface area contributed by atoms with Gasteiger partial charge in [0.15, 0.2) is 6.04 Å². The van der Waals surface area contributed by atoms with Crippen molar-refractivity contribution in [1.82, 2.24) is 0 Å². The molecule has 1 aliphatic rings. The Labute approximate surface area is 92.9 Å². The number of esters is 1. The topological polar surface area (TPSA) is 55.7 Å². The standard InChI is InChI=1S/C12H11NO3/c1-2-16-12(15)10-9(13-10)11(14)8-6-4-3-5-7-8/h3-7,10H,2H2,1H3/t10-/m1/s1. The van der Waals surface area contributed by atoms with Crippen LogP contribution in [-0.4, -0.2) is 30.1 Å². The summed E-state index contributed by atoms with van der Waals surface area (Å²) in [5, 5.41) is 0. The number of ether oxygens (including phenoxy) is 1. The number of hydrogen-bond donors (Lipinski definition) is 0. The molecule has 2 rings (SSSR count). The molecule has 0 N–H and O–H groups in total. The van der Waals surface area contributed by atoms with Gasteiger partial charge in [0, 0.05) is 5.56 Å². The van der Waals surface area contributed by atoms with E-state index in [0.29, 0.717) is 17.9 Å². The fraction of sp³-hybridized carbons (Fsp3) is 0.250. The summed E-state index contributed by atoms with van der Waals surface area (Å²) >= 11 is 0. The van der Waals surface area contributed by atoms with Gasteiger partial charge in [-0.2, -0.15) is 0 Å². The molecule has 0 bridgehead atoms. The number of carbonyl (C=O) groups is 2. The minimum Gasteiger partial charge on any atom is -0.464 e. The van der Waals surface area contributed by atoms with Gasteiger partial charge in [-0.3, -0.25) is 9.79 Å². The van der Waals surface area contributed by atoms with E-state index < -0.39 is 12.0 Å². The van der Waals surface area contributed by atoms with Crippen molar-refractivity contribution in [1.29, 1.82) is 0 Å². The van der Waals surface area contributed by atoms with Gasteiger partial charge in [-0.1, -0.05) is 30.3 Å². The van der Waals surface area contributed by atoms with Crippen LogP contribution < -0.4 is 0 Å². The number of Topliss-reactive ketones (excluding diaryl/α,β-unsaturated/α-hetero) is 1. The summed E-state index contributed by atoms with van der Waals surface area (Å²) in [7, 11) is 0. The van der Waals surface area contributed by atoms with E-state index in [1.54, 1.807) is 31.2 Å². The Bertz CT molecular complexity index is 451. The summed E-state index contributed by atoms with van der Waals surface area (Å²) in [6.45, 7) is 2.02. The number of nitrogens with zero attached hydrogens (tertiary/aromatic N) is 1. The van der Waals surface area contributed by atoms with Gasteiger partial charge < -0.3 is 4.74 Å². The van der Waals surface area contributed by atoms with Crippen molar-refractivity contribution < 1.29 is 14.3 Å². The lowest BCUT2D eigenvalue weighted by molar-refractivity contribution is -0.142. The largest absolute Gasteiger partial charge is 0.464 e. The second kappa shape index (κ2) is 4.26. The first kappa shape index (κ1) is 10.5. The van der Waals surface area contributed by atoms with Gasteiger partial charge in [-0.25, -0.2) is 4.79 Å². The van der Waals surface area contributed by atoms with Crippen LogP contribution >= 0.6 is 0 Å². The molecule has 1 aliphatic heterocycles. The number of benzene rings is 1. The van der Waals surface area contributed by atoms with E-state index >= 15 is 0 Å². The molecule has 0 fully saturated rings. The van der Waals surface area contributed by atoms with Crippen molar-refractivity contribution in [2.45, 2.75) is 13.0 Å². The predicted octanol–water partition coefficient (Wildman–Crippen LogP) is 1.26. The summed E-state index contributed by atoms with van der Waals surface area (Å²) in [5.74, 6) is -0.638. The van der Waals surface area contributed by atoms with Crippen LogP contribution in [0.4, 0.5) is 0 Å². The predicted molar refractivity (Wildman–Crippen MR) is 58.6 cm³/mol. The van der Waals surface area contributed by atoms with E-state index in [1.807, 2.05) is 6.07 Å². The third-order valence-electron chi connectivity index (χ3n) is 2.24. The second-order valence-electron chi connectivity index (χ2n) is 3.36. The molecular weight excluding hydrogens is 206 g/mol. The third-order valence-corrected chi connectivity index (χ3v) is 2.24. The molecule has 4 nitrogen and oxygen atoms in total. The monoisotopic (exact) mass is 217 g/mol. The average Bonchev–Trinajstić information content (AvgIpc) is 3.09. The van der Waals surface area contributed by atoms with Gasteiger partial charge in [-0.05, 0) is 6.92 Å². The summed E-state index contributed by atoms with van der Waals surface area (Å²) in [4.78, 5) is 26.9. The van der Waals surface area contributed by atoms with E-state index in [9.17, 15) is 9.59 Å². The highest BCUT2D eigenvalue weighted by molar-refractivity contribution is 6.55. The summed E-state index contributed by atoms with van der Waals surface area (Å²) < 4.78 is 4.78. The van der Waals surface area contributed by atoms with Crippen molar-refractivity contribution in [3.05, 3.63) is 35.9 Å². The van der Waals surface area contributed by atoms with Crippen molar-refractivity contribution in [3.8, 4) is 0 Å². The molecule has 1 atom stereocenters. The fourth-order valence-electron chi connectivity index (χ4n) is 1.41. The van der Waals surface area contributed by atoms with E-state index in [1.165, 1.54) is 0 Å². The Morgan fingerprint density at radius 1 is 1.31 bits per heavy atom. The van der Waals surface area contributed by atoms with E-state index in [-0.39, 0.29) is 5.78 Å². The van der Waals surface area contributed by atoms with E-state index in [4.69, 9.17) is 4.74 Å². The Morgan fingerprint density at radius 2 is 2.00 bits per heavy atom. The van der Waals surface area contributed by atoms with Gasteiger partial charge in [0.2, 0.25) is 5.78 Å². The highest BCUT2D eigenvalue weighted by Gasteiger charge is 2.41. The van der Waals surface area contributed by atoms with Crippen LogP contribution in [0.15, 0.2) is 35.3 Å². The SMILES string of the molecule is CCOC(=O)[C@@H]1N=C1C(=O)c1ccccc1. The lowest BCUT2D eigenvalue weighted by Crippen LogP contribution is -2.21. The maximum atomic E-state index is 11.8. The first-order chi connectivity index (χ1) is 7.74. The lowest BCUT2D eigenvalue weighted by Gasteiger charge is -1.98. The molecule has 4 heteroatoms. The quantitative estimate of drug-likeness (QED) is 0.563. The Kier molecular flexibility index (Phi) is 2.81. The Hall–Kier alpha value is -1.97. The van der Waals surface area contributed by atoms with Crippen LogP contribution in [0.5, 0.6) is 0 Å². The van der Waals surface area contributed by atoms with Crippen molar-refractivity contribution in [3.63, 3.8) is 0 Å². The minimum absolute atomic E-state index is 0.196. The molecule has 0 aromatic heterocycles. The number of carbonyl (C=O) groups excluding carboxylic acids is 2. The number of hydrogen-bond acceptors (Lipinski definition) is 4. The molecule has 0 unspecified atom stereocenters. The number of aliphatic imine (C=N–C) groups is 1. The molecule has 0 saturated carbocycles. The molecule has 0 aliphatic carbocycles. The maximum absolute atomic E-state index is 11.8. The van der Waals surface area contributed by atoms with Gasteiger partial charge in [0.1, 0.15) is 5.71 Å². The zero-order chi connectivity index (χ0) is 11.5. The zero-order valence-electron chi connectivity index (χ0n) is 8.84. The van der Waals surface area contributed by atoms with Crippen molar-refractivity contribution in [2.24, 2.45) is 4.99 Å². The molecule has 0 spiro atoms. The van der Waals surface area contributed by atoms with Gasteiger partial charge in [0.05, 0.1) is 6.61 Å². The van der Waals surface area contributed by atoms with Crippen LogP contribution in [0.25, 0.3) is 0 Å². The average molecular weight is 217 g/mol. The Balaban J connectivity index is 2.00. The van der Waals surface area contributed by atoms with Crippen LogP contribution in [0, 0.1) is 0 Å². The van der Waals surface area contributed by atoms with Crippen molar-refractivity contribution >= 4 is 17.5 Å². The van der Waals surface area contributed by atoms with Crippen molar-refractivity contribution in [2.75, 3.05) is 6.61 Å². The highest BCUT2D eigenvalue weighted by atomic mass is 16.5. The highest BCUT2D eigenvalue weighted by Crippen LogP contribution is 2.18. The maximum Gasteiger partial charge on any atom is 0.337 e. The van der Waals surface area contributed by atoms with Gasteiger partial charge in [0.25, 0.3) is 0 Å². The van der Waals surface area contributed by atoms with Crippen LogP contribution in [0.3, 0.4) is 0 Å². The smallest absolute Gasteiger partial charge is 0.337 e.